The van der Waals surface area contributed by atoms with Crippen LogP contribution in [0.3, 0.4) is 0 Å². The molecule has 1 aromatic heterocycles. The van der Waals surface area contributed by atoms with E-state index >= 15 is 0 Å². The Morgan fingerprint density at radius 3 is 1.65 bits per heavy atom. The van der Waals surface area contributed by atoms with Crippen molar-refractivity contribution < 1.29 is 0 Å². The molecule has 3 N–H and O–H groups in total. The molecule has 0 radical (unpaired) electrons. The van der Waals surface area contributed by atoms with Crippen molar-refractivity contribution in [3.8, 4) is 0 Å². The zero-order valence-corrected chi connectivity index (χ0v) is 17.1. The number of nitrogens with two attached hydrogens (primary N) is 1. The van der Waals surface area contributed by atoms with Gasteiger partial charge in [-0.25, -0.2) is 4.98 Å². The van der Waals surface area contributed by atoms with Crippen LogP contribution in [0, 0.1) is 0 Å². The summed E-state index contributed by atoms with van der Waals surface area (Å²) in [7, 11) is 0. The van der Waals surface area contributed by atoms with E-state index in [1.807, 2.05) is 6.07 Å². The number of unbranched alkanes of at least 4 members (excludes halogenated alkanes) is 15. The highest BCUT2D eigenvalue weighted by Crippen LogP contribution is 2.13. The van der Waals surface area contributed by atoms with Crippen LogP contribution in [0.4, 0.5) is 11.8 Å². The molecule has 1 heterocycles. The highest BCUT2D eigenvalue weighted by molar-refractivity contribution is 5.36. The Hall–Kier alpha value is -1.32. The smallest absolute Gasteiger partial charge is 0.221 e. The van der Waals surface area contributed by atoms with Crippen molar-refractivity contribution in [1.82, 2.24) is 9.97 Å². The average Bonchev–Trinajstić information content (AvgIpc) is 2.64. The van der Waals surface area contributed by atoms with Crippen molar-refractivity contribution in [3.63, 3.8) is 0 Å². The number of nitrogens with one attached hydrogen (secondary N) is 1. The molecule has 0 aliphatic rings. The maximum atomic E-state index is 5.56. The number of aromatic nitrogens is 2. The van der Waals surface area contributed by atoms with Gasteiger partial charge in [-0.05, 0) is 12.5 Å². The molecule has 0 aliphatic carbocycles. The Morgan fingerprint density at radius 1 is 0.731 bits per heavy atom. The van der Waals surface area contributed by atoms with Crippen LogP contribution in [0.15, 0.2) is 12.3 Å². The molecule has 4 nitrogen and oxygen atoms in total. The van der Waals surface area contributed by atoms with Crippen LogP contribution in [-0.2, 0) is 0 Å². The number of nitrogen functional groups attached to an aromatic ring is 1. The van der Waals surface area contributed by atoms with Crippen molar-refractivity contribution in [2.24, 2.45) is 0 Å². The second-order valence-electron chi connectivity index (χ2n) is 7.53. The standard InChI is InChI=1S/C22H42N4/c1-2-3-4-5-6-7-8-9-10-11-12-13-14-15-16-17-19-24-21-18-20-25-22(23)26-21/h18,20H,2-17,19H2,1H3,(H3,23,24,25,26). The second kappa shape index (κ2) is 17.1. The summed E-state index contributed by atoms with van der Waals surface area (Å²) in [6, 6.07) is 1.86. The quantitative estimate of drug-likeness (QED) is 0.284. The van der Waals surface area contributed by atoms with Gasteiger partial charge in [0.15, 0.2) is 0 Å². The van der Waals surface area contributed by atoms with Crippen LogP contribution in [0.2, 0.25) is 0 Å². The molecule has 0 spiro atoms. The lowest BCUT2D eigenvalue weighted by molar-refractivity contribution is 0.530. The molecule has 0 bridgehead atoms. The molecule has 0 fully saturated rings. The van der Waals surface area contributed by atoms with Gasteiger partial charge in [0.2, 0.25) is 5.95 Å². The van der Waals surface area contributed by atoms with E-state index in [9.17, 15) is 0 Å². The monoisotopic (exact) mass is 362 g/mol. The van der Waals surface area contributed by atoms with Crippen LogP contribution in [0.25, 0.3) is 0 Å². The van der Waals surface area contributed by atoms with Crippen molar-refractivity contribution in [2.75, 3.05) is 17.6 Å². The predicted molar refractivity (Wildman–Crippen MR) is 114 cm³/mol. The fourth-order valence-electron chi connectivity index (χ4n) is 3.36. The third kappa shape index (κ3) is 13.9. The molecule has 0 amide bonds. The molecule has 150 valence electrons. The Morgan fingerprint density at radius 2 is 1.19 bits per heavy atom. The maximum Gasteiger partial charge on any atom is 0.221 e. The first-order valence-electron chi connectivity index (χ1n) is 11.2. The summed E-state index contributed by atoms with van der Waals surface area (Å²) in [5, 5.41) is 3.30. The first kappa shape index (κ1) is 22.7. The summed E-state index contributed by atoms with van der Waals surface area (Å²) < 4.78 is 0. The number of nitrogens with zero attached hydrogens (tertiary/aromatic N) is 2. The molecule has 1 rings (SSSR count). The lowest BCUT2D eigenvalue weighted by Gasteiger charge is -2.06. The number of hydrogen-bond acceptors (Lipinski definition) is 4. The van der Waals surface area contributed by atoms with E-state index in [0.29, 0.717) is 5.95 Å². The van der Waals surface area contributed by atoms with Gasteiger partial charge in [-0.2, -0.15) is 4.98 Å². The Kier molecular flexibility index (Phi) is 15.0. The summed E-state index contributed by atoms with van der Waals surface area (Å²) in [6.45, 7) is 3.25. The maximum absolute atomic E-state index is 5.56. The van der Waals surface area contributed by atoms with E-state index < -0.39 is 0 Å². The van der Waals surface area contributed by atoms with Crippen molar-refractivity contribution in [1.29, 1.82) is 0 Å². The number of rotatable bonds is 18. The molecule has 0 aliphatic heterocycles. The van der Waals surface area contributed by atoms with Gasteiger partial charge in [-0.15, -0.1) is 0 Å². The Balaban J connectivity index is 1.73. The molecule has 1 aromatic rings. The molecule has 4 heteroatoms. The van der Waals surface area contributed by atoms with E-state index in [-0.39, 0.29) is 0 Å². The summed E-state index contributed by atoms with van der Waals surface area (Å²) >= 11 is 0. The van der Waals surface area contributed by atoms with Gasteiger partial charge in [0.25, 0.3) is 0 Å². The van der Waals surface area contributed by atoms with Gasteiger partial charge in [0.1, 0.15) is 5.82 Å². The second-order valence-corrected chi connectivity index (χ2v) is 7.53. The van der Waals surface area contributed by atoms with E-state index in [1.54, 1.807) is 6.20 Å². The highest BCUT2D eigenvalue weighted by Gasteiger charge is 1.96. The van der Waals surface area contributed by atoms with Crippen LogP contribution < -0.4 is 11.1 Å². The summed E-state index contributed by atoms with van der Waals surface area (Å²) in [5.74, 6) is 1.17. The lowest BCUT2D eigenvalue weighted by atomic mass is 10.0. The van der Waals surface area contributed by atoms with E-state index in [1.165, 1.54) is 103 Å². The van der Waals surface area contributed by atoms with E-state index in [2.05, 4.69) is 22.2 Å². The predicted octanol–water partition coefficient (Wildman–Crippen LogP) is 6.73. The van der Waals surface area contributed by atoms with E-state index in [0.717, 1.165) is 12.4 Å². The first-order valence-corrected chi connectivity index (χ1v) is 11.2. The van der Waals surface area contributed by atoms with Gasteiger partial charge < -0.3 is 11.1 Å². The summed E-state index contributed by atoms with van der Waals surface area (Å²) in [5.41, 5.74) is 5.56. The third-order valence-electron chi connectivity index (χ3n) is 5.01. The molecular formula is C22H42N4. The highest BCUT2D eigenvalue weighted by atomic mass is 15.1. The normalized spacial score (nSPS) is 11.0. The van der Waals surface area contributed by atoms with Gasteiger partial charge in [-0.1, -0.05) is 103 Å². The average molecular weight is 363 g/mol. The van der Waals surface area contributed by atoms with Crippen LogP contribution in [-0.4, -0.2) is 16.5 Å². The minimum absolute atomic E-state index is 0.335. The van der Waals surface area contributed by atoms with Crippen molar-refractivity contribution in [3.05, 3.63) is 12.3 Å². The number of hydrogen-bond donors (Lipinski definition) is 2. The van der Waals surface area contributed by atoms with Gasteiger partial charge in [0.05, 0.1) is 0 Å². The third-order valence-corrected chi connectivity index (χ3v) is 5.01. The van der Waals surface area contributed by atoms with E-state index in [4.69, 9.17) is 5.73 Å². The van der Waals surface area contributed by atoms with Gasteiger partial charge >= 0.3 is 0 Å². The SMILES string of the molecule is CCCCCCCCCCCCCCCCCCNc1ccnc(N)n1. The van der Waals surface area contributed by atoms with Gasteiger partial charge in [-0.3, -0.25) is 0 Å². The molecule has 0 saturated heterocycles. The minimum atomic E-state index is 0.335. The zero-order chi connectivity index (χ0) is 18.7. The number of anilines is 2. The van der Waals surface area contributed by atoms with Crippen molar-refractivity contribution >= 4 is 11.8 Å². The summed E-state index contributed by atoms with van der Waals surface area (Å²) in [4.78, 5) is 8.03. The molecule has 26 heavy (non-hydrogen) atoms. The topological polar surface area (TPSA) is 63.8 Å². The molecule has 0 saturated carbocycles. The van der Waals surface area contributed by atoms with Gasteiger partial charge in [0, 0.05) is 12.7 Å². The zero-order valence-electron chi connectivity index (χ0n) is 17.1. The fraction of sp³-hybridized carbons (Fsp3) is 0.818. The van der Waals surface area contributed by atoms with Crippen LogP contribution in [0.5, 0.6) is 0 Å². The molecule has 0 atom stereocenters. The van der Waals surface area contributed by atoms with Crippen molar-refractivity contribution in [2.45, 2.75) is 110 Å². The Bertz CT molecular complexity index is 422. The largest absolute Gasteiger partial charge is 0.370 e. The van der Waals surface area contributed by atoms with Crippen LogP contribution in [0.1, 0.15) is 110 Å². The first-order chi connectivity index (χ1) is 12.8. The fourth-order valence-corrected chi connectivity index (χ4v) is 3.36. The minimum Gasteiger partial charge on any atom is -0.370 e. The molecule has 0 aromatic carbocycles. The lowest BCUT2D eigenvalue weighted by Crippen LogP contribution is -2.05. The molecular weight excluding hydrogens is 320 g/mol. The molecule has 0 unspecified atom stereocenters. The Labute approximate surface area is 161 Å². The van der Waals surface area contributed by atoms with Crippen LogP contribution >= 0.6 is 0 Å². The summed E-state index contributed by atoms with van der Waals surface area (Å²) in [6.07, 6.45) is 24.1.